The van der Waals surface area contributed by atoms with E-state index in [0.717, 1.165) is 18.6 Å². The van der Waals surface area contributed by atoms with Gasteiger partial charge < -0.3 is 15.0 Å². The van der Waals surface area contributed by atoms with Crippen LogP contribution < -0.4 is 5.32 Å². The lowest BCUT2D eigenvalue weighted by Crippen LogP contribution is -2.36. The van der Waals surface area contributed by atoms with Crippen LogP contribution in [0.1, 0.15) is 24.5 Å². The van der Waals surface area contributed by atoms with Crippen molar-refractivity contribution in [3.8, 4) is 0 Å². The molecule has 2 fully saturated rings. The van der Waals surface area contributed by atoms with Gasteiger partial charge in [0.1, 0.15) is 0 Å². The monoisotopic (exact) mass is 302 g/mol. The summed E-state index contributed by atoms with van der Waals surface area (Å²) in [6.45, 7) is 1.85. The molecule has 0 radical (unpaired) electrons. The summed E-state index contributed by atoms with van der Waals surface area (Å²) in [5.74, 6) is 0.110. The van der Waals surface area contributed by atoms with E-state index in [2.05, 4.69) is 17.4 Å². The Hall–Kier alpha value is -1.88. The standard InChI is InChI=1S/C17H22N2O3/c1-19-11-14(9-15(19)20)17(21)18-10-13-7-8-22-16(13)12-5-3-2-4-6-12/h2-6,13-14,16H,7-11H2,1H3,(H,18,21)/t13-,14?,16-/m1/s1. The molecule has 2 aliphatic heterocycles. The summed E-state index contributed by atoms with van der Waals surface area (Å²) in [5, 5.41) is 3.01. The Morgan fingerprint density at radius 1 is 1.36 bits per heavy atom. The van der Waals surface area contributed by atoms with E-state index in [1.165, 1.54) is 0 Å². The van der Waals surface area contributed by atoms with Gasteiger partial charge in [0.05, 0.1) is 12.0 Å². The molecule has 118 valence electrons. The van der Waals surface area contributed by atoms with Crippen LogP contribution >= 0.6 is 0 Å². The molecular formula is C17H22N2O3. The van der Waals surface area contributed by atoms with Gasteiger partial charge >= 0.3 is 0 Å². The predicted octanol–water partition coefficient (Wildman–Crippen LogP) is 1.36. The van der Waals surface area contributed by atoms with Gasteiger partial charge in [0.2, 0.25) is 11.8 Å². The van der Waals surface area contributed by atoms with Gasteiger partial charge in [-0.15, -0.1) is 0 Å². The lowest BCUT2D eigenvalue weighted by Gasteiger charge is -2.20. The van der Waals surface area contributed by atoms with Crippen LogP contribution in [0.5, 0.6) is 0 Å². The highest BCUT2D eigenvalue weighted by Gasteiger charge is 2.34. The van der Waals surface area contributed by atoms with Crippen molar-refractivity contribution in [1.29, 1.82) is 0 Å². The maximum absolute atomic E-state index is 12.2. The third-order valence-corrected chi connectivity index (χ3v) is 4.59. The summed E-state index contributed by atoms with van der Waals surface area (Å²) < 4.78 is 5.83. The molecule has 2 aliphatic rings. The number of nitrogens with zero attached hydrogens (tertiary/aromatic N) is 1. The third kappa shape index (κ3) is 3.14. The maximum Gasteiger partial charge on any atom is 0.225 e. The van der Waals surface area contributed by atoms with E-state index in [1.54, 1.807) is 11.9 Å². The van der Waals surface area contributed by atoms with E-state index in [9.17, 15) is 9.59 Å². The molecule has 22 heavy (non-hydrogen) atoms. The van der Waals surface area contributed by atoms with Crippen LogP contribution in [0.2, 0.25) is 0 Å². The number of carbonyl (C=O) groups is 2. The number of hydrogen-bond acceptors (Lipinski definition) is 3. The highest BCUT2D eigenvalue weighted by molar-refractivity contribution is 5.89. The average Bonchev–Trinajstić information content (AvgIpc) is 3.13. The number of rotatable bonds is 4. The molecule has 1 N–H and O–H groups in total. The number of ether oxygens (including phenoxy) is 1. The van der Waals surface area contributed by atoms with Gasteiger partial charge in [-0.2, -0.15) is 0 Å². The van der Waals surface area contributed by atoms with E-state index in [1.807, 2.05) is 18.2 Å². The van der Waals surface area contributed by atoms with E-state index in [4.69, 9.17) is 4.74 Å². The molecule has 0 spiro atoms. The first-order chi connectivity index (χ1) is 10.6. The molecule has 1 aromatic carbocycles. The molecule has 2 amide bonds. The quantitative estimate of drug-likeness (QED) is 0.913. The minimum atomic E-state index is -0.213. The van der Waals surface area contributed by atoms with Crippen LogP contribution in [0.25, 0.3) is 0 Å². The third-order valence-electron chi connectivity index (χ3n) is 4.59. The molecule has 0 aliphatic carbocycles. The Balaban J connectivity index is 1.55. The molecule has 0 bridgehead atoms. The number of hydrogen-bond donors (Lipinski definition) is 1. The Bertz CT molecular complexity index is 546. The van der Waals surface area contributed by atoms with Gasteiger partial charge in [0.15, 0.2) is 0 Å². The Morgan fingerprint density at radius 2 is 2.14 bits per heavy atom. The van der Waals surface area contributed by atoms with Crippen LogP contribution in [0.4, 0.5) is 0 Å². The zero-order valence-corrected chi connectivity index (χ0v) is 12.8. The topological polar surface area (TPSA) is 58.6 Å². The van der Waals surface area contributed by atoms with Crippen LogP contribution in [-0.2, 0) is 14.3 Å². The van der Waals surface area contributed by atoms with E-state index in [0.29, 0.717) is 25.4 Å². The number of benzene rings is 1. The van der Waals surface area contributed by atoms with Crippen molar-refractivity contribution in [2.24, 2.45) is 11.8 Å². The van der Waals surface area contributed by atoms with Crippen molar-refractivity contribution in [3.63, 3.8) is 0 Å². The van der Waals surface area contributed by atoms with Gasteiger partial charge in [-0.05, 0) is 12.0 Å². The van der Waals surface area contributed by atoms with Crippen molar-refractivity contribution >= 4 is 11.8 Å². The van der Waals surface area contributed by atoms with E-state index < -0.39 is 0 Å². The second-order valence-electron chi connectivity index (χ2n) is 6.17. The minimum absolute atomic E-state index is 0.0172. The number of carbonyl (C=O) groups excluding carboxylic acids is 2. The van der Waals surface area contributed by atoms with Crippen LogP contribution in [-0.4, -0.2) is 43.5 Å². The maximum atomic E-state index is 12.2. The lowest BCUT2D eigenvalue weighted by molar-refractivity contribution is -0.128. The van der Waals surface area contributed by atoms with Gasteiger partial charge in [0.25, 0.3) is 0 Å². The molecule has 2 saturated heterocycles. The first-order valence-corrected chi connectivity index (χ1v) is 7.83. The SMILES string of the molecule is CN1CC(C(=O)NC[C@H]2CCO[C@@H]2c2ccccc2)CC1=O. The van der Waals surface area contributed by atoms with Crippen molar-refractivity contribution < 1.29 is 14.3 Å². The molecule has 2 heterocycles. The summed E-state index contributed by atoms with van der Waals surface area (Å²) in [4.78, 5) is 25.3. The summed E-state index contributed by atoms with van der Waals surface area (Å²) in [5.41, 5.74) is 1.16. The normalized spacial score (nSPS) is 28.1. The van der Waals surface area contributed by atoms with E-state index >= 15 is 0 Å². The smallest absolute Gasteiger partial charge is 0.225 e. The van der Waals surface area contributed by atoms with Crippen LogP contribution in [0, 0.1) is 11.8 Å². The molecular weight excluding hydrogens is 280 g/mol. The Labute approximate surface area is 130 Å². The molecule has 1 aromatic rings. The average molecular weight is 302 g/mol. The van der Waals surface area contributed by atoms with Crippen molar-refractivity contribution in [3.05, 3.63) is 35.9 Å². The van der Waals surface area contributed by atoms with Crippen LogP contribution in [0.15, 0.2) is 30.3 Å². The van der Waals surface area contributed by atoms with Gasteiger partial charge in [-0.25, -0.2) is 0 Å². The summed E-state index contributed by atoms with van der Waals surface area (Å²) in [6.07, 6.45) is 1.32. The fourth-order valence-corrected chi connectivity index (χ4v) is 3.27. The molecule has 0 saturated carbocycles. The summed E-state index contributed by atoms with van der Waals surface area (Å²) in [7, 11) is 1.74. The molecule has 5 nitrogen and oxygen atoms in total. The molecule has 3 rings (SSSR count). The fraction of sp³-hybridized carbons (Fsp3) is 0.529. The summed E-state index contributed by atoms with van der Waals surface area (Å²) in [6, 6.07) is 10.1. The fourth-order valence-electron chi connectivity index (χ4n) is 3.27. The van der Waals surface area contributed by atoms with E-state index in [-0.39, 0.29) is 23.8 Å². The highest BCUT2D eigenvalue weighted by atomic mass is 16.5. The molecule has 3 atom stereocenters. The van der Waals surface area contributed by atoms with Crippen molar-refractivity contribution in [2.75, 3.05) is 26.7 Å². The second kappa shape index (κ2) is 6.48. The van der Waals surface area contributed by atoms with Gasteiger partial charge in [-0.1, -0.05) is 30.3 Å². The minimum Gasteiger partial charge on any atom is -0.373 e. The summed E-state index contributed by atoms with van der Waals surface area (Å²) >= 11 is 0. The van der Waals surface area contributed by atoms with Crippen molar-refractivity contribution in [1.82, 2.24) is 10.2 Å². The molecule has 1 unspecified atom stereocenters. The highest BCUT2D eigenvalue weighted by Crippen LogP contribution is 2.34. The number of likely N-dealkylation sites (tertiary alicyclic amines) is 1. The first kappa shape index (κ1) is 15.0. The number of amides is 2. The first-order valence-electron chi connectivity index (χ1n) is 7.83. The predicted molar refractivity (Wildman–Crippen MR) is 82.0 cm³/mol. The largest absolute Gasteiger partial charge is 0.373 e. The molecule has 5 heteroatoms. The lowest BCUT2D eigenvalue weighted by atomic mass is 9.95. The Kier molecular flexibility index (Phi) is 4.43. The zero-order valence-electron chi connectivity index (χ0n) is 12.8. The molecule has 0 aromatic heterocycles. The van der Waals surface area contributed by atoms with Crippen LogP contribution in [0.3, 0.4) is 0 Å². The zero-order chi connectivity index (χ0) is 15.5. The van der Waals surface area contributed by atoms with Gasteiger partial charge in [0, 0.05) is 39.1 Å². The number of nitrogens with one attached hydrogen (secondary N) is 1. The van der Waals surface area contributed by atoms with Crippen molar-refractivity contribution in [2.45, 2.75) is 18.9 Å². The van der Waals surface area contributed by atoms with Gasteiger partial charge in [-0.3, -0.25) is 9.59 Å². The Morgan fingerprint density at radius 3 is 2.82 bits per heavy atom. The second-order valence-corrected chi connectivity index (χ2v) is 6.17.